The number of thioether (sulfide) groups is 2. The molecule has 0 saturated heterocycles. The van der Waals surface area contributed by atoms with Crippen molar-refractivity contribution >= 4 is 46.5 Å². The summed E-state index contributed by atoms with van der Waals surface area (Å²) in [5.41, 5.74) is 2.24. The van der Waals surface area contributed by atoms with Crippen molar-refractivity contribution in [3.63, 3.8) is 0 Å². The molecule has 4 rings (SSSR count). The van der Waals surface area contributed by atoms with Crippen LogP contribution in [0.2, 0.25) is 0 Å². The zero-order chi connectivity index (χ0) is 22.5. The number of aromatic nitrogens is 2. The highest BCUT2D eigenvalue weighted by Crippen LogP contribution is 2.43. The molecular weight excluding hydrogens is 444 g/mol. The van der Waals surface area contributed by atoms with Gasteiger partial charge < -0.3 is 19.8 Å². The number of hydrogen-bond donors (Lipinski definition) is 0. The van der Waals surface area contributed by atoms with E-state index in [1.165, 1.54) is 0 Å². The van der Waals surface area contributed by atoms with E-state index in [1.807, 2.05) is 0 Å². The van der Waals surface area contributed by atoms with Gasteiger partial charge >= 0.3 is 0 Å². The summed E-state index contributed by atoms with van der Waals surface area (Å²) in [6, 6.07) is 24.5. The Balaban J connectivity index is 1.78. The maximum Gasteiger partial charge on any atom is 0.130 e. The number of nitrogens with zero attached hydrogens (tertiary/aromatic N) is 2. The number of carboxylic acid groups (broad SMARTS) is 2. The zero-order valence-electron chi connectivity index (χ0n) is 16.6. The average molecular weight is 461 g/mol. The van der Waals surface area contributed by atoms with Gasteiger partial charge in [0, 0.05) is 0 Å². The van der Waals surface area contributed by atoms with Gasteiger partial charge in [-0.15, -0.1) is 0 Å². The van der Waals surface area contributed by atoms with E-state index in [9.17, 15) is 19.8 Å². The average Bonchev–Trinajstić information content (AvgIpc) is 2.81. The second-order valence-electron chi connectivity index (χ2n) is 6.78. The number of carbonyl (C=O) groups excluding carboxylic acids is 2. The topological polar surface area (TPSA) is 106 Å². The Kier molecular flexibility index (Phi) is 6.72. The lowest BCUT2D eigenvalue weighted by molar-refractivity contribution is -0.306. The summed E-state index contributed by atoms with van der Waals surface area (Å²) in [4.78, 5) is 33.1. The SMILES string of the molecule is O=C([O-])[C@@H](Sc1nc2ccccc2nc1S[C@@H](C(=O)[O-])c1ccccc1)c1ccccc1. The molecule has 0 aliphatic heterocycles. The molecule has 4 aromatic rings. The summed E-state index contributed by atoms with van der Waals surface area (Å²) in [7, 11) is 0. The number of fused-ring (bicyclic) bond motifs is 1. The monoisotopic (exact) mass is 460 g/mol. The van der Waals surface area contributed by atoms with E-state index in [4.69, 9.17) is 0 Å². The predicted octanol–water partition coefficient (Wildman–Crippen LogP) is 2.80. The van der Waals surface area contributed by atoms with Crippen molar-refractivity contribution in [2.75, 3.05) is 0 Å². The Morgan fingerprint density at radius 2 is 0.938 bits per heavy atom. The van der Waals surface area contributed by atoms with Crippen LogP contribution < -0.4 is 10.2 Å². The van der Waals surface area contributed by atoms with Gasteiger partial charge in [-0.05, 0) is 23.3 Å². The third kappa shape index (κ3) is 4.92. The Morgan fingerprint density at radius 1 is 0.594 bits per heavy atom. The molecule has 0 unspecified atom stereocenters. The van der Waals surface area contributed by atoms with Crippen LogP contribution in [0.15, 0.2) is 95.0 Å². The molecule has 0 aliphatic carbocycles. The molecule has 6 nitrogen and oxygen atoms in total. The molecule has 0 bridgehead atoms. The first-order valence-electron chi connectivity index (χ1n) is 9.64. The molecule has 8 heteroatoms. The largest absolute Gasteiger partial charge is 0.549 e. The van der Waals surface area contributed by atoms with E-state index in [-0.39, 0.29) is 0 Å². The number of carboxylic acids is 2. The first-order chi connectivity index (χ1) is 15.5. The molecule has 160 valence electrons. The molecule has 0 amide bonds. The highest BCUT2D eigenvalue weighted by molar-refractivity contribution is 8.03. The molecule has 0 fully saturated rings. The fourth-order valence-electron chi connectivity index (χ4n) is 3.10. The molecular formula is C24H16N2O4S2-2. The fourth-order valence-corrected chi connectivity index (χ4v) is 5.21. The van der Waals surface area contributed by atoms with E-state index in [0.29, 0.717) is 32.2 Å². The van der Waals surface area contributed by atoms with Gasteiger partial charge in [0.15, 0.2) is 0 Å². The van der Waals surface area contributed by atoms with Gasteiger partial charge in [-0.25, -0.2) is 9.97 Å². The van der Waals surface area contributed by atoms with E-state index >= 15 is 0 Å². The molecule has 0 saturated carbocycles. The normalized spacial score (nSPS) is 12.9. The summed E-state index contributed by atoms with van der Waals surface area (Å²) in [5, 5.41) is 22.4. The maximum absolute atomic E-state index is 11.9. The van der Waals surface area contributed by atoms with Crippen molar-refractivity contribution in [2.24, 2.45) is 0 Å². The Morgan fingerprint density at radius 3 is 1.28 bits per heavy atom. The van der Waals surface area contributed by atoms with Crippen LogP contribution in [0.1, 0.15) is 21.6 Å². The van der Waals surface area contributed by atoms with Gasteiger partial charge in [-0.3, -0.25) is 0 Å². The van der Waals surface area contributed by atoms with E-state index in [1.54, 1.807) is 84.9 Å². The number of hydrogen-bond acceptors (Lipinski definition) is 8. The number of para-hydroxylation sites is 2. The summed E-state index contributed by atoms with van der Waals surface area (Å²) < 4.78 is 0. The second kappa shape index (κ2) is 9.84. The van der Waals surface area contributed by atoms with Gasteiger partial charge in [0.25, 0.3) is 0 Å². The number of rotatable bonds is 8. The minimum atomic E-state index is -1.27. The minimum absolute atomic E-state index is 0.314. The number of benzene rings is 3. The van der Waals surface area contributed by atoms with Gasteiger partial charge in [0.1, 0.15) is 10.1 Å². The third-order valence-electron chi connectivity index (χ3n) is 4.60. The fraction of sp³-hybridized carbons (Fsp3) is 0.0833. The quantitative estimate of drug-likeness (QED) is 0.370. The molecule has 0 aliphatic rings. The standard InChI is InChI=1S/C24H18N2O4S2/c27-23(28)19(15-9-3-1-4-10-15)31-21-22(26-18-14-8-7-13-17(18)25-21)32-20(24(29)30)16-11-5-2-6-12-16/h1-14,19-20H,(H,27,28)(H,29,30)/p-2/t19-,20+. The van der Waals surface area contributed by atoms with Gasteiger partial charge in [0.2, 0.25) is 0 Å². The van der Waals surface area contributed by atoms with Crippen molar-refractivity contribution in [3.05, 3.63) is 96.1 Å². The lowest BCUT2D eigenvalue weighted by Gasteiger charge is -2.21. The van der Waals surface area contributed by atoms with E-state index < -0.39 is 22.4 Å². The predicted molar refractivity (Wildman–Crippen MR) is 120 cm³/mol. The molecule has 3 aromatic carbocycles. The van der Waals surface area contributed by atoms with Gasteiger partial charge in [-0.1, -0.05) is 96.3 Å². The van der Waals surface area contributed by atoms with Gasteiger partial charge in [0.05, 0.1) is 33.5 Å². The smallest absolute Gasteiger partial charge is 0.130 e. The van der Waals surface area contributed by atoms with E-state index in [0.717, 1.165) is 23.5 Å². The van der Waals surface area contributed by atoms with Crippen molar-refractivity contribution in [1.29, 1.82) is 0 Å². The number of aliphatic carboxylic acids is 2. The summed E-state index contributed by atoms with van der Waals surface area (Å²) in [5.74, 6) is -2.54. The molecule has 1 aromatic heterocycles. The summed E-state index contributed by atoms with van der Waals surface area (Å²) in [6.07, 6.45) is 0. The lowest BCUT2D eigenvalue weighted by atomic mass is 10.1. The Bertz CT molecular complexity index is 1150. The molecule has 0 N–H and O–H groups in total. The highest BCUT2D eigenvalue weighted by Gasteiger charge is 2.23. The first kappa shape index (κ1) is 21.9. The van der Waals surface area contributed by atoms with Crippen LogP contribution in [0.5, 0.6) is 0 Å². The van der Waals surface area contributed by atoms with Gasteiger partial charge in [-0.2, -0.15) is 0 Å². The third-order valence-corrected chi connectivity index (χ3v) is 7.15. The first-order valence-corrected chi connectivity index (χ1v) is 11.4. The molecule has 2 atom stereocenters. The van der Waals surface area contributed by atoms with Crippen molar-refractivity contribution in [3.8, 4) is 0 Å². The van der Waals surface area contributed by atoms with Crippen molar-refractivity contribution in [2.45, 2.75) is 20.6 Å². The minimum Gasteiger partial charge on any atom is -0.549 e. The van der Waals surface area contributed by atoms with Crippen molar-refractivity contribution in [1.82, 2.24) is 9.97 Å². The van der Waals surface area contributed by atoms with Crippen LogP contribution in [0.4, 0.5) is 0 Å². The molecule has 32 heavy (non-hydrogen) atoms. The van der Waals surface area contributed by atoms with Crippen LogP contribution in [0.25, 0.3) is 11.0 Å². The molecule has 0 spiro atoms. The van der Waals surface area contributed by atoms with Crippen LogP contribution >= 0.6 is 23.5 Å². The van der Waals surface area contributed by atoms with Crippen LogP contribution in [-0.4, -0.2) is 21.9 Å². The lowest BCUT2D eigenvalue weighted by Crippen LogP contribution is -2.28. The zero-order valence-corrected chi connectivity index (χ0v) is 18.2. The maximum atomic E-state index is 11.9. The van der Waals surface area contributed by atoms with E-state index in [2.05, 4.69) is 9.97 Å². The Hall–Kier alpha value is -3.36. The molecule has 0 radical (unpaired) electrons. The summed E-state index contributed by atoms with van der Waals surface area (Å²) >= 11 is 1.94. The Labute approximate surface area is 192 Å². The second-order valence-corrected chi connectivity index (χ2v) is 8.97. The highest BCUT2D eigenvalue weighted by atomic mass is 32.2. The number of carbonyl (C=O) groups is 2. The summed E-state index contributed by atoms with van der Waals surface area (Å²) in [6.45, 7) is 0. The van der Waals surface area contributed by atoms with Crippen LogP contribution in [0, 0.1) is 0 Å². The van der Waals surface area contributed by atoms with Crippen LogP contribution in [0.3, 0.4) is 0 Å². The van der Waals surface area contributed by atoms with Crippen molar-refractivity contribution < 1.29 is 19.8 Å². The van der Waals surface area contributed by atoms with Crippen LogP contribution in [-0.2, 0) is 9.59 Å². The molecule has 1 heterocycles.